The first kappa shape index (κ1) is 19.4. The van der Waals surface area contributed by atoms with E-state index in [1.807, 2.05) is 31.2 Å². The number of hydrogen-bond donors (Lipinski definition) is 0. The van der Waals surface area contributed by atoms with Crippen LogP contribution in [-0.4, -0.2) is 36.2 Å². The fraction of sp³-hybridized carbons (Fsp3) is 0.182. The lowest BCUT2D eigenvalue weighted by Gasteiger charge is -2.27. The molecule has 0 unspecified atom stereocenters. The lowest BCUT2D eigenvalue weighted by molar-refractivity contribution is 0.171. The molecule has 5 rings (SSSR count). The van der Waals surface area contributed by atoms with Gasteiger partial charge in [-0.1, -0.05) is 24.3 Å². The van der Waals surface area contributed by atoms with Crippen molar-refractivity contribution in [2.45, 2.75) is 18.4 Å². The van der Waals surface area contributed by atoms with E-state index in [-0.39, 0.29) is 11.4 Å². The number of ether oxygens (including phenoxy) is 2. The molecule has 158 valence electrons. The molecule has 0 bridgehead atoms. The maximum absolute atomic E-state index is 13.8. The molecule has 4 aromatic rings. The smallest absolute Gasteiger partial charge is 0.266 e. The highest BCUT2D eigenvalue weighted by atomic mass is 32.2. The van der Waals surface area contributed by atoms with Crippen molar-refractivity contribution in [3.63, 3.8) is 0 Å². The van der Waals surface area contributed by atoms with Crippen LogP contribution >= 0.6 is 0 Å². The van der Waals surface area contributed by atoms with Gasteiger partial charge in [0.25, 0.3) is 10.0 Å². The molecule has 0 spiro atoms. The monoisotopic (exact) mass is 436 g/mol. The highest BCUT2D eigenvalue weighted by Gasteiger charge is 2.28. The van der Waals surface area contributed by atoms with Crippen LogP contribution in [0, 0.1) is 6.92 Å². The molecule has 1 aliphatic rings. The van der Waals surface area contributed by atoms with Gasteiger partial charge in [0.2, 0.25) is 0 Å². The van der Waals surface area contributed by atoms with Crippen molar-refractivity contribution in [3.8, 4) is 11.5 Å². The van der Waals surface area contributed by atoms with Crippen molar-refractivity contribution in [2.24, 2.45) is 0 Å². The summed E-state index contributed by atoms with van der Waals surface area (Å²) in [5.41, 5.74) is 2.99. The Bertz CT molecular complexity index is 1370. The van der Waals surface area contributed by atoms with Gasteiger partial charge in [-0.05, 0) is 42.3 Å². The predicted octanol–water partition coefficient (Wildman–Crippen LogP) is 3.20. The highest BCUT2D eigenvalue weighted by Crippen LogP contribution is 2.36. The molecular weight excluding hydrogens is 416 g/mol. The van der Waals surface area contributed by atoms with Crippen LogP contribution in [0.2, 0.25) is 0 Å². The maximum atomic E-state index is 13.8. The van der Waals surface area contributed by atoms with Crippen LogP contribution in [0.5, 0.6) is 11.5 Å². The summed E-state index contributed by atoms with van der Waals surface area (Å²) in [5, 5.41) is 7.78. The van der Waals surface area contributed by atoms with E-state index in [0.29, 0.717) is 36.0 Å². The molecule has 0 atom stereocenters. The number of rotatable bonds is 5. The van der Waals surface area contributed by atoms with Crippen molar-refractivity contribution < 1.29 is 17.9 Å². The number of benzene rings is 2. The molecule has 0 N–H and O–H groups in total. The molecule has 0 fully saturated rings. The Morgan fingerprint density at radius 1 is 1.03 bits per heavy atom. The van der Waals surface area contributed by atoms with Gasteiger partial charge in [-0.3, -0.25) is 8.71 Å². The van der Waals surface area contributed by atoms with Gasteiger partial charge in [0.15, 0.2) is 17.1 Å². The van der Waals surface area contributed by atoms with E-state index in [0.717, 1.165) is 11.1 Å². The summed E-state index contributed by atoms with van der Waals surface area (Å²) in [6.45, 7) is 3.03. The van der Waals surface area contributed by atoms with Gasteiger partial charge < -0.3 is 9.47 Å². The van der Waals surface area contributed by atoms with Gasteiger partial charge in [0.1, 0.15) is 24.4 Å². The summed E-state index contributed by atoms with van der Waals surface area (Å²) >= 11 is 0. The Morgan fingerprint density at radius 2 is 1.84 bits per heavy atom. The van der Waals surface area contributed by atoms with Crippen LogP contribution in [-0.2, 0) is 16.6 Å². The van der Waals surface area contributed by atoms with E-state index < -0.39 is 10.0 Å². The molecule has 3 heterocycles. The average Bonchev–Trinajstić information content (AvgIpc) is 3.26. The van der Waals surface area contributed by atoms with Crippen molar-refractivity contribution in [2.75, 3.05) is 17.5 Å². The molecule has 9 heteroatoms. The van der Waals surface area contributed by atoms with Gasteiger partial charge in [-0.2, -0.15) is 0 Å². The third-order valence-electron chi connectivity index (χ3n) is 5.24. The maximum Gasteiger partial charge on any atom is 0.266 e. The number of aromatic nitrogens is 3. The zero-order chi connectivity index (χ0) is 21.4. The fourth-order valence-corrected chi connectivity index (χ4v) is 4.97. The van der Waals surface area contributed by atoms with Crippen LogP contribution < -0.4 is 13.8 Å². The van der Waals surface area contributed by atoms with Crippen LogP contribution in [0.25, 0.3) is 5.65 Å². The minimum absolute atomic E-state index is 0.142. The van der Waals surface area contributed by atoms with Crippen molar-refractivity contribution in [1.29, 1.82) is 0 Å². The van der Waals surface area contributed by atoms with Gasteiger partial charge in [-0.15, -0.1) is 10.2 Å². The summed E-state index contributed by atoms with van der Waals surface area (Å²) < 4.78 is 41.8. The second-order valence-corrected chi connectivity index (χ2v) is 9.09. The van der Waals surface area contributed by atoms with Gasteiger partial charge in [0, 0.05) is 12.3 Å². The zero-order valence-electron chi connectivity index (χ0n) is 16.8. The van der Waals surface area contributed by atoms with Crippen LogP contribution in [0.4, 0.5) is 5.69 Å². The van der Waals surface area contributed by atoms with E-state index in [2.05, 4.69) is 10.2 Å². The Kier molecular flexibility index (Phi) is 4.74. The van der Waals surface area contributed by atoms with Gasteiger partial charge in [0.05, 0.1) is 12.2 Å². The molecule has 1 aliphatic heterocycles. The summed E-state index contributed by atoms with van der Waals surface area (Å²) in [6, 6.07) is 16.1. The first-order chi connectivity index (χ1) is 15.0. The molecule has 0 saturated heterocycles. The lowest BCUT2D eigenvalue weighted by atomic mass is 10.1. The number of sulfonamides is 1. The van der Waals surface area contributed by atoms with Crippen LogP contribution in [0.3, 0.4) is 0 Å². The predicted molar refractivity (Wildman–Crippen MR) is 115 cm³/mol. The van der Waals surface area contributed by atoms with Crippen LogP contribution in [0.15, 0.2) is 72.0 Å². The molecule has 0 aliphatic carbocycles. The van der Waals surface area contributed by atoms with Crippen molar-refractivity contribution in [1.82, 2.24) is 14.6 Å². The Morgan fingerprint density at radius 3 is 2.68 bits per heavy atom. The van der Waals surface area contributed by atoms with Crippen molar-refractivity contribution in [3.05, 3.63) is 78.2 Å². The molecular formula is C22H20N4O4S. The van der Waals surface area contributed by atoms with Crippen molar-refractivity contribution >= 4 is 21.4 Å². The molecule has 31 heavy (non-hydrogen) atoms. The first-order valence-electron chi connectivity index (χ1n) is 9.79. The van der Waals surface area contributed by atoms with Gasteiger partial charge >= 0.3 is 0 Å². The first-order valence-corrected chi connectivity index (χ1v) is 11.2. The summed E-state index contributed by atoms with van der Waals surface area (Å²) in [5.74, 6) is 1.14. The SMILES string of the molecule is Cc1ccccc1CN(c1ccc2c(c1)OCCO2)S(=O)(=O)c1ccc2nncn2c1. The summed E-state index contributed by atoms with van der Waals surface area (Å²) in [7, 11) is -3.90. The lowest BCUT2D eigenvalue weighted by Crippen LogP contribution is -2.31. The van der Waals surface area contributed by atoms with E-state index in [1.165, 1.54) is 16.8 Å². The van der Waals surface area contributed by atoms with Gasteiger partial charge in [-0.25, -0.2) is 8.42 Å². The largest absolute Gasteiger partial charge is 0.486 e. The quantitative estimate of drug-likeness (QED) is 0.478. The topological polar surface area (TPSA) is 86.0 Å². The van der Waals surface area contributed by atoms with Crippen LogP contribution in [0.1, 0.15) is 11.1 Å². The number of pyridine rings is 1. The molecule has 2 aromatic heterocycles. The minimum atomic E-state index is -3.90. The summed E-state index contributed by atoms with van der Waals surface area (Å²) in [4.78, 5) is 0.142. The second-order valence-electron chi connectivity index (χ2n) is 7.23. The van der Waals surface area contributed by atoms with E-state index >= 15 is 0 Å². The average molecular weight is 436 g/mol. The Labute approximate surface area is 179 Å². The number of aryl methyl sites for hydroxylation is 1. The molecule has 0 saturated carbocycles. The normalized spacial score (nSPS) is 13.3. The Balaban J connectivity index is 1.63. The highest BCUT2D eigenvalue weighted by molar-refractivity contribution is 7.92. The molecule has 2 aromatic carbocycles. The minimum Gasteiger partial charge on any atom is -0.486 e. The molecule has 8 nitrogen and oxygen atoms in total. The van der Waals surface area contributed by atoms with E-state index in [4.69, 9.17) is 9.47 Å². The summed E-state index contributed by atoms with van der Waals surface area (Å²) in [6.07, 6.45) is 3.00. The van der Waals surface area contributed by atoms with E-state index in [9.17, 15) is 8.42 Å². The third-order valence-corrected chi connectivity index (χ3v) is 7.00. The number of anilines is 1. The second kappa shape index (κ2) is 7.59. The number of hydrogen-bond acceptors (Lipinski definition) is 6. The standard InChI is InChI=1S/C22H20N4O4S/c1-16-4-2-3-5-17(16)13-26(18-6-8-20-21(12-18)30-11-10-29-20)31(27,28)19-7-9-22-24-23-15-25(22)14-19/h2-9,12,14-15H,10-11,13H2,1H3. The Hall–Kier alpha value is -3.59. The zero-order valence-corrected chi connectivity index (χ0v) is 17.6. The van der Waals surface area contributed by atoms with E-state index in [1.54, 1.807) is 34.7 Å². The third kappa shape index (κ3) is 3.57. The fourth-order valence-electron chi connectivity index (χ4n) is 3.53. The number of nitrogens with zero attached hydrogens (tertiary/aromatic N) is 4. The molecule has 0 amide bonds. The molecule has 0 radical (unpaired) electrons. The number of fused-ring (bicyclic) bond motifs is 2.